The minimum Gasteiger partial charge on any atom is -0.469 e. The quantitative estimate of drug-likeness (QED) is 0.434. The van der Waals surface area contributed by atoms with E-state index in [-0.39, 0.29) is 29.4 Å². The third kappa shape index (κ3) is 5.27. The standard InChI is InChI=1S/C31H40O4/c1-16-10-18(3)27(19(4)11-16)22(7)29(32)25-14-24(31(34)35-9)15-26(25)30(33)23(8)28-20(5)12-17(2)13-21(28)6/h10-13,22-26H,14-15H2,1-9H3. The van der Waals surface area contributed by atoms with Gasteiger partial charge in [-0.15, -0.1) is 0 Å². The lowest BCUT2D eigenvalue weighted by atomic mass is 9.75. The van der Waals surface area contributed by atoms with Crippen molar-refractivity contribution in [1.82, 2.24) is 0 Å². The maximum atomic E-state index is 13.9. The minimum absolute atomic E-state index is 0.0503. The van der Waals surface area contributed by atoms with E-state index in [0.29, 0.717) is 12.8 Å². The van der Waals surface area contributed by atoms with Crippen LogP contribution in [0.4, 0.5) is 0 Å². The molecule has 0 saturated heterocycles. The van der Waals surface area contributed by atoms with Gasteiger partial charge >= 0.3 is 5.97 Å². The van der Waals surface area contributed by atoms with Crippen LogP contribution in [-0.2, 0) is 19.1 Å². The van der Waals surface area contributed by atoms with Crippen LogP contribution in [0.2, 0.25) is 0 Å². The first-order chi connectivity index (χ1) is 16.4. The smallest absolute Gasteiger partial charge is 0.308 e. The number of hydrogen-bond donors (Lipinski definition) is 0. The zero-order valence-electron chi connectivity index (χ0n) is 22.7. The molecule has 0 radical (unpaired) electrons. The van der Waals surface area contributed by atoms with Crippen LogP contribution in [0.3, 0.4) is 0 Å². The second-order valence-corrected chi connectivity index (χ2v) is 10.8. The van der Waals surface area contributed by atoms with Crippen molar-refractivity contribution < 1.29 is 19.1 Å². The number of rotatable bonds is 7. The summed E-state index contributed by atoms with van der Waals surface area (Å²) in [7, 11) is 1.37. The third-order valence-corrected chi connectivity index (χ3v) is 8.02. The van der Waals surface area contributed by atoms with Crippen LogP contribution in [0.25, 0.3) is 0 Å². The molecule has 0 spiro atoms. The monoisotopic (exact) mass is 476 g/mol. The van der Waals surface area contributed by atoms with Crippen molar-refractivity contribution in [2.75, 3.05) is 7.11 Å². The SMILES string of the molecule is COC(=O)C1CC(C(=O)C(C)c2c(C)cc(C)cc2C)C(C(=O)C(C)c2c(C)cc(C)cc2C)C1. The molecular weight excluding hydrogens is 436 g/mol. The van der Waals surface area contributed by atoms with Gasteiger partial charge in [-0.1, -0.05) is 49.2 Å². The van der Waals surface area contributed by atoms with Gasteiger partial charge in [0.1, 0.15) is 11.6 Å². The number of ketones is 2. The number of carbonyl (C=O) groups is 3. The summed E-state index contributed by atoms with van der Waals surface area (Å²) in [6.45, 7) is 16.2. The molecule has 4 atom stereocenters. The summed E-state index contributed by atoms with van der Waals surface area (Å²) in [5, 5.41) is 0. The molecule has 2 aromatic carbocycles. The van der Waals surface area contributed by atoms with Crippen LogP contribution < -0.4 is 0 Å². The number of carbonyl (C=O) groups excluding carboxylic acids is 3. The highest BCUT2D eigenvalue weighted by Crippen LogP contribution is 2.44. The van der Waals surface area contributed by atoms with Gasteiger partial charge in [-0.05, 0) is 87.8 Å². The van der Waals surface area contributed by atoms with Crippen LogP contribution >= 0.6 is 0 Å². The normalized spacial score (nSPS) is 21.5. The predicted octanol–water partition coefficient (Wildman–Crippen LogP) is 6.40. The van der Waals surface area contributed by atoms with Crippen LogP contribution in [0.15, 0.2) is 24.3 Å². The zero-order chi connectivity index (χ0) is 26.2. The molecular formula is C31H40O4. The Morgan fingerprint density at radius 2 is 1.00 bits per heavy atom. The fraction of sp³-hybridized carbons (Fsp3) is 0.516. The molecule has 1 aliphatic carbocycles. The third-order valence-electron chi connectivity index (χ3n) is 8.02. The van der Waals surface area contributed by atoms with Crippen molar-refractivity contribution >= 4 is 17.5 Å². The van der Waals surface area contributed by atoms with Crippen molar-refractivity contribution in [3.63, 3.8) is 0 Å². The first-order valence-corrected chi connectivity index (χ1v) is 12.7. The molecule has 0 aliphatic heterocycles. The van der Waals surface area contributed by atoms with E-state index in [9.17, 15) is 14.4 Å². The van der Waals surface area contributed by atoms with Gasteiger partial charge in [0.15, 0.2) is 0 Å². The molecule has 4 unspecified atom stereocenters. The van der Waals surface area contributed by atoms with Gasteiger partial charge < -0.3 is 4.74 Å². The van der Waals surface area contributed by atoms with E-state index in [1.54, 1.807) is 0 Å². The van der Waals surface area contributed by atoms with Gasteiger partial charge in [0.25, 0.3) is 0 Å². The van der Waals surface area contributed by atoms with E-state index in [4.69, 9.17) is 4.74 Å². The molecule has 1 fully saturated rings. The van der Waals surface area contributed by atoms with Crippen LogP contribution in [0, 0.1) is 59.3 Å². The van der Waals surface area contributed by atoms with E-state index in [2.05, 4.69) is 38.1 Å². The second kappa shape index (κ2) is 10.5. The highest BCUT2D eigenvalue weighted by Gasteiger charge is 2.47. The Morgan fingerprint density at radius 1 is 0.686 bits per heavy atom. The maximum absolute atomic E-state index is 13.9. The van der Waals surface area contributed by atoms with Gasteiger partial charge in [-0.25, -0.2) is 0 Å². The molecule has 0 heterocycles. The molecule has 1 saturated carbocycles. The summed E-state index contributed by atoms with van der Waals surface area (Å²) < 4.78 is 5.02. The number of hydrogen-bond acceptors (Lipinski definition) is 4. The lowest BCUT2D eigenvalue weighted by molar-refractivity contribution is -0.145. The average Bonchev–Trinajstić information content (AvgIpc) is 3.21. The lowest BCUT2D eigenvalue weighted by Gasteiger charge is -2.26. The van der Waals surface area contributed by atoms with Crippen LogP contribution in [-0.4, -0.2) is 24.6 Å². The highest BCUT2D eigenvalue weighted by atomic mass is 16.5. The van der Waals surface area contributed by atoms with E-state index >= 15 is 0 Å². The number of esters is 1. The van der Waals surface area contributed by atoms with Gasteiger partial charge in [-0.2, -0.15) is 0 Å². The first-order valence-electron chi connectivity index (χ1n) is 12.7. The minimum atomic E-state index is -0.491. The van der Waals surface area contributed by atoms with Crippen molar-refractivity contribution in [3.05, 3.63) is 68.8 Å². The molecule has 188 valence electrons. The Labute approximate surface area is 210 Å². The molecule has 4 nitrogen and oxygen atoms in total. The average molecular weight is 477 g/mol. The summed E-state index contributed by atoms with van der Waals surface area (Å²) >= 11 is 0. The number of methoxy groups -OCH3 is 1. The summed E-state index contributed by atoms with van der Waals surface area (Å²) in [4.78, 5) is 40.4. The van der Waals surface area contributed by atoms with Gasteiger partial charge in [-0.3, -0.25) is 14.4 Å². The Bertz CT molecular complexity index is 1030. The molecule has 0 bridgehead atoms. The molecule has 0 amide bonds. The molecule has 2 aromatic rings. The van der Waals surface area contributed by atoms with Crippen molar-refractivity contribution in [3.8, 4) is 0 Å². The number of Topliss-reactive ketones (excluding diaryl/α,β-unsaturated/α-hetero) is 2. The molecule has 3 rings (SSSR count). The number of benzene rings is 2. The topological polar surface area (TPSA) is 60.4 Å². The van der Waals surface area contributed by atoms with Gasteiger partial charge in [0.05, 0.1) is 13.0 Å². The van der Waals surface area contributed by atoms with Crippen molar-refractivity contribution in [2.45, 2.75) is 80.1 Å². The second-order valence-electron chi connectivity index (χ2n) is 10.8. The Morgan fingerprint density at radius 3 is 1.29 bits per heavy atom. The fourth-order valence-electron chi connectivity index (χ4n) is 6.70. The molecule has 35 heavy (non-hydrogen) atoms. The van der Waals surface area contributed by atoms with Crippen LogP contribution in [0.5, 0.6) is 0 Å². The Hall–Kier alpha value is -2.75. The highest BCUT2D eigenvalue weighted by molar-refractivity contribution is 5.97. The summed E-state index contributed by atoms with van der Waals surface area (Å²) in [6.07, 6.45) is 0.740. The lowest BCUT2D eigenvalue weighted by Crippen LogP contribution is -2.31. The fourth-order valence-corrected chi connectivity index (χ4v) is 6.70. The maximum Gasteiger partial charge on any atom is 0.308 e. The van der Waals surface area contributed by atoms with E-state index in [1.807, 2.05) is 41.5 Å². The Balaban J connectivity index is 1.98. The summed E-state index contributed by atoms with van der Waals surface area (Å²) in [5.41, 5.74) is 8.77. The van der Waals surface area contributed by atoms with E-state index in [0.717, 1.165) is 33.4 Å². The van der Waals surface area contributed by atoms with Gasteiger partial charge in [0, 0.05) is 23.7 Å². The van der Waals surface area contributed by atoms with E-state index in [1.165, 1.54) is 18.2 Å². The van der Waals surface area contributed by atoms with Gasteiger partial charge in [0.2, 0.25) is 0 Å². The first kappa shape index (κ1) is 26.8. The number of ether oxygens (including phenoxy) is 1. The molecule has 0 N–H and O–H groups in total. The predicted molar refractivity (Wildman–Crippen MR) is 140 cm³/mol. The van der Waals surface area contributed by atoms with Crippen LogP contribution in [0.1, 0.15) is 83.0 Å². The number of aryl methyl sites for hydroxylation is 6. The molecule has 4 heteroatoms. The largest absolute Gasteiger partial charge is 0.469 e. The van der Waals surface area contributed by atoms with E-state index < -0.39 is 17.8 Å². The molecule has 0 aromatic heterocycles. The molecule has 1 aliphatic rings. The Kier molecular flexibility index (Phi) is 8.03. The zero-order valence-corrected chi connectivity index (χ0v) is 22.7. The summed E-state index contributed by atoms with van der Waals surface area (Å²) in [6, 6.07) is 8.41. The van der Waals surface area contributed by atoms with Crippen molar-refractivity contribution in [1.29, 1.82) is 0 Å². The summed E-state index contributed by atoms with van der Waals surface area (Å²) in [5.74, 6) is -2.32. The van der Waals surface area contributed by atoms with Crippen molar-refractivity contribution in [2.24, 2.45) is 17.8 Å².